The lowest BCUT2D eigenvalue weighted by molar-refractivity contribution is 0.0879. The first kappa shape index (κ1) is 23.8. The number of likely N-dealkylation sites (tertiary alicyclic amines) is 1. The Morgan fingerprint density at radius 3 is 2.60 bits per heavy atom. The van der Waals surface area contributed by atoms with Crippen LogP contribution < -0.4 is 4.74 Å². The number of ether oxygens (including phenoxy) is 1. The Hall–Kier alpha value is -2.96. The van der Waals surface area contributed by atoms with Crippen LogP contribution in [0.1, 0.15) is 31.2 Å². The minimum Gasteiger partial charge on any atom is -0.439 e. The van der Waals surface area contributed by atoms with Gasteiger partial charge in [-0.2, -0.15) is 0 Å². The molecule has 5 rings (SSSR count). The quantitative estimate of drug-likeness (QED) is 0.519. The summed E-state index contributed by atoms with van der Waals surface area (Å²) >= 11 is 0. The van der Waals surface area contributed by atoms with Crippen molar-refractivity contribution in [3.8, 4) is 5.88 Å². The molecular weight excluding hydrogens is 436 g/mol. The highest BCUT2D eigenvalue weighted by Gasteiger charge is 2.39. The fourth-order valence-electron chi connectivity index (χ4n) is 5.32. The van der Waals surface area contributed by atoms with Crippen LogP contribution in [0.15, 0.2) is 83.4 Å². The smallest absolute Gasteiger partial charge is 0.219 e. The van der Waals surface area contributed by atoms with Crippen LogP contribution in [0.4, 0.5) is 0 Å². The van der Waals surface area contributed by atoms with E-state index < -0.39 is 0 Å². The molecule has 0 radical (unpaired) electrons. The lowest BCUT2D eigenvalue weighted by Gasteiger charge is -2.32. The van der Waals surface area contributed by atoms with E-state index in [4.69, 9.17) is 9.57 Å². The van der Waals surface area contributed by atoms with E-state index in [1.54, 1.807) is 6.20 Å². The molecule has 35 heavy (non-hydrogen) atoms. The van der Waals surface area contributed by atoms with Crippen molar-refractivity contribution in [3.05, 3.63) is 83.8 Å². The molecule has 2 unspecified atom stereocenters. The second kappa shape index (κ2) is 11.2. The Morgan fingerprint density at radius 2 is 1.86 bits per heavy atom. The lowest BCUT2D eigenvalue weighted by atomic mass is 9.83. The van der Waals surface area contributed by atoms with Gasteiger partial charge in [0.2, 0.25) is 5.88 Å². The summed E-state index contributed by atoms with van der Waals surface area (Å²) < 4.78 is 6.14. The molecule has 2 atom stereocenters. The number of aromatic nitrogens is 1. The lowest BCUT2D eigenvalue weighted by Crippen LogP contribution is -2.34. The zero-order valence-electron chi connectivity index (χ0n) is 20.8. The fourth-order valence-corrected chi connectivity index (χ4v) is 5.32. The third-order valence-electron chi connectivity index (χ3n) is 7.21. The third-order valence-corrected chi connectivity index (χ3v) is 7.21. The largest absolute Gasteiger partial charge is 0.439 e. The number of allylic oxidation sites excluding steroid dienone is 1. The SMILES string of the molecule is CN(C)CC1=C(Oc2ccccn2)C=CC2C(CCC3CCN(Cc4ccccc4)CC3)=NOC12. The maximum absolute atomic E-state index is 6.14. The normalized spacial score (nSPS) is 22.8. The van der Waals surface area contributed by atoms with Crippen molar-refractivity contribution in [1.29, 1.82) is 0 Å². The minimum absolute atomic E-state index is 0.0937. The molecule has 1 saturated heterocycles. The van der Waals surface area contributed by atoms with Crippen LogP contribution in [0.3, 0.4) is 0 Å². The number of fused-ring (bicyclic) bond motifs is 1. The summed E-state index contributed by atoms with van der Waals surface area (Å²) in [6, 6.07) is 16.5. The van der Waals surface area contributed by atoms with Gasteiger partial charge in [0.1, 0.15) is 5.76 Å². The van der Waals surface area contributed by atoms with Gasteiger partial charge in [0.05, 0.1) is 11.6 Å². The van der Waals surface area contributed by atoms with Crippen LogP contribution in [-0.4, -0.2) is 60.3 Å². The van der Waals surface area contributed by atoms with Gasteiger partial charge in [0.15, 0.2) is 6.10 Å². The number of oxime groups is 1. The van der Waals surface area contributed by atoms with Crippen LogP contribution in [0.2, 0.25) is 0 Å². The molecule has 2 aromatic rings. The van der Waals surface area contributed by atoms with Crippen molar-refractivity contribution in [3.63, 3.8) is 0 Å². The van der Waals surface area contributed by atoms with E-state index in [9.17, 15) is 0 Å². The van der Waals surface area contributed by atoms with Gasteiger partial charge in [-0.25, -0.2) is 4.98 Å². The second-order valence-electron chi connectivity index (χ2n) is 10.1. The van der Waals surface area contributed by atoms with Crippen molar-refractivity contribution < 1.29 is 9.57 Å². The molecule has 0 bridgehead atoms. The van der Waals surface area contributed by atoms with E-state index in [0.717, 1.165) is 36.8 Å². The monoisotopic (exact) mass is 472 g/mol. The van der Waals surface area contributed by atoms with Crippen molar-refractivity contribution in [2.24, 2.45) is 17.0 Å². The van der Waals surface area contributed by atoms with Gasteiger partial charge in [0.25, 0.3) is 0 Å². The maximum atomic E-state index is 6.14. The van der Waals surface area contributed by atoms with E-state index in [-0.39, 0.29) is 12.0 Å². The van der Waals surface area contributed by atoms with Crippen molar-refractivity contribution >= 4 is 5.71 Å². The molecule has 0 amide bonds. The highest BCUT2D eigenvalue weighted by atomic mass is 16.6. The Labute approximate surface area is 208 Å². The van der Waals surface area contributed by atoms with Crippen molar-refractivity contribution in [2.45, 2.75) is 38.3 Å². The van der Waals surface area contributed by atoms with Crippen molar-refractivity contribution in [2.75, 3.05) is 33.7 Å². The number of nitrogens with zero attached hydrogens (tertiary/aromatic N) is 4. The van der Waals surface area contributed by atoms with Crippen molar-refractivity contribution in [1.82, 2.24) is 14.8 Å². The molecule has 0 spiro atoms. The number of likely N-dealkylation sites (N-methyl/N-ethyl adjacent to an activating group) is 1. The molecule has 0 saturated carbocycles. The Bertz CT molecular complexity index is 1060. The Morgan fingerprint density at radius 1 is 1.06 bits per heavy atom. The zero-order valence-corrected chi connectivity index (χ0v) is 20.8. The molecule has 184 valence electrons. The molecule has 1 fully saturated rings. The van der Waals surface area contributed by atoms with Gasteiger partial charge in [-0.05, 0) is 76.5 Å². The van der Waals surface area contributed by atoms with Gasteiger partial charge in [-0.15, -0.1) is 0 Å². The number of rotatable bonds is 9. The van der Waals surface area contributed by atoms with Gasteiger partial charge in [-0.3, -0.25) is 4.90 Å². The summed E-state index contributed by atoms with van der Waals surface area (Å²) in [5.74, 6) is 2.37. The van der Waals surface area contributed by atoms with Crippen LogP contribution in [-0.2, 0) is 11.4 Å². The number of pyridine rings is 1. The molecule has 1 aromatic heterocycles. The zero-order chi connectivity index (χ0) is 24.0. The highest BCUT2D eigenvalue weighted by Crippen LogP contribution is 2.35. The van der Waals surface area contributed by atoms with Crippen LogP contribution in [0.25, 0.3) is 0 Å². The third kappa shape index (κ3) is 6.00. The van der Waals surface area contributed by atoms with Gasteiger partial charge >= 0.3 is 0 Å². The standard InChI is InChI=1S/C29H36N4O2/c1-32(2)21-25-27(34-28-10-6-7-17-30-28)14-12-24-26(31-35-29(24)25)13-11-22-15-18-33(19-16-22)20-23-8-4-3-5-9-23/h3-10,12,14,17,22,24,29H,11,13,15-16,18-21H2,1-2H3. The average Bonchev–Trinajstić information content (AvgIpc) is 3.29. The minimum atomic E-state index is -0.0937. The second-order valence-corrected chi connectivity index (χ2v) is 10.1. The van der Waals surface area contributed by atoms with E-state index in [1.807, 2.05) is 18.2 Å². The van der Waals surface area contributed by atoms with E-state index in [1.165, 1.54) is 43.6 Å². The predicted octanol–water partition coefficient (Wildman–Crippen LogP) is 4.91. The molecule has 3 heterocycles. The van der Waals surface area contributed by atoms with E-state index >= 15 is 0 Å². The summed E-state index contributed by atoms with van der Waals surface area (Å²) in [5.41, 5.74) is 3.71. The summed E-state index contributed by atoms with van der Waals surface area (Å²) in [6.07, 6.45) is 10.7. The van der Waals surface area contributed by atoms with Crippen LogP contribution in [0, 0.1) is 11.8 Å². The van der Waals surface area contributed by atoms with E-state index in [2.05, 4.69) is 76.5 Å². The predicted molar refractivity (Wildman–Crippen MR) is 139 cm³/mol. The van der Waals surface area contributed by atoms with Crippen LogP contribution >= 0.6 is 0 Å². The molecule has 1 aromatic carbocycles. The number of hydrogen-bond donors (Lipinski definition) is 0. The molecule has 1 aliphatic carbocycles. The summed E-state index contributed by atoms with van der Waals surface area (Å²) in [7, 11) is 4.14. The summed E-state index contributed by atoms with van der Waals surface area (Å²) in [5, 5.41) is 4.57. The van der Waals surface area contributed by atoms with Gasteiger partial charge in [-0.1, -0.05) is 47.6 Å². The van der Waals surface area contributed by atoms with Crippen LogP contribution in [0.5, 0.6) is 5.88 Å². The number of hydrogen-bond acceptors (Lipinski definition) is 6. The van der Waals surface area contributed by atoms with Gasteiger partial charge in [0, 0.05) is 30.9 Å². The molecule has 3 aliphatic rings. The average molecular weight is 473 g/mol. The first-order valence-electron chi connectivity index (χ1n) is 12.8. The number of benzene rings is 1. The first-order chi connectivity index (χ1) is 17.2. The molecule has 6 heteroatoms. The van der Waals surface area contributed by atoms with Gasteiger partial charge < -0.3 is 14.5 Å². The first-order valence-corrected chi connectivity index (χ1v) is 12.8. The summed E-state index contributed by atoms with van der Waals surface area (Å²) in [4.78, 5) is 15.1. The highest BCUT2D eigenvalue weighted by molar-refractivity contribution is 5.90. The van der Waals surface area contributed by atoms with E-state index in [0.29, 0.717) is 5.88 Å². The topological polar surface area (TPSA) is 50.2 Å². The molecule has 6 nitrogen and oxygen atoms in total. The number of piperidine rings is 1. The Kier molecular flexibility index (Phi) is 7.60. The molecule has 0 N–H and O–H groups in total. The fraction of sp³-hybridized carbons (Fsp3) is 0.448. The molecule has 2 aliphatic heterocycles. The maximum Gasteiger partial charge on any atom is 0.219 e. The Balaban J connectivity index is 1.15. The summed E-state index contributed by atoms with van der Waals surface area (Å²) in [6.45, 7) is 4.18. The molecular formula is C29H36N4O2.